The summed E-state index contributed by atoms with van der Waals surface area (Å²) in [4.78, 5) is 2.69. The molecule has 26 heavy (non-hydrogen) atoms. The van der Waals surface area contributed by atoms with Gasteiger partial charge in [0.2, 0.25) is 0 Å². The van der Waals surface area contributed by atoms with E-state index in [2.05, 4.69) is 45.4 Å². The number of piperidine rings is 1. The van der Waals surface area contributed by atoms with Crippen LogP contribution in [0.25, 0.3) is 0 Å². The maximum atomic E-state index is 7.86. The molecule has 146 valence electrons. The summed E-state index contributed by atoms with van der Waals surface area (Å²) in [6, 6.07) is 0.651. The number of hydrogen-bond acceptors (Lipinski definition) is 6. The molecule has 1 fully saturated rings. The van der Waals surface area contributed by atoms with E-state index < -0.39 is 0 Å². The van der Waals surface area contributed by atoms with Crippen molar-refractivity contribution in [3.63, 3.8) is 0 Å². The van der Waals surface area contributed by atoms with Crippen molar-refractivity contribution in [2.75, 3.05) is 32.8 Å². The van der Waals surface area contributed by atoms with Crippen LogP contribution in [0.15, 0.2) is 23.2 Å². The number of allylic oxidation sites excluding steroid dienone is 1. The van der Waals surface area contributed by atoms with Crippen LogP contribution in [-0.4, -0.2) is 60.0 Å². The molecule has 0 aromatic rings. The summed E-state index contributed by atoms with van der Waals surface area (Å²) in [6.45, 7) is 9.43. The van der Waals surface area contributed by atoms with Gasteiger partial charge in [-0.2, -0.15) is 0 Å². The molecule has 0 amide bonds. The number of nitrogens with zero attached hydrogens (tertiary/aromatic N) is 2. The molecule has 1 unspecified atom stereocenters. The van der Waals surface area contributed by atoms with Gasteiger partial charge in [0.15, 0.2) is 0 Å². The minimum absolute atomic E-state index is 0.128. The van der Waals surface area contributed by atoms with Crippen LogP contribution in [0.4, 0.5) is 0 Å². The summed E-state index contributed by atoms with van der Waals surface area (Å²) < 4.78 is 5.61. The fraction of sp³-hybridized carbons (Fsp3) is 0.737. The Morgan fingerprint density at radius 1 is 1.35 bits per heavy atom. The number of ether oxygens (including phenoxy) is 1. The Morgan fingerprint density at radius 3 is 2.77 bits per heavy atom. The third kappa shape index (κ3) is 4.68. The third-order valence-electron chi connectivity index (χ3n) is 5.63. The minimum atomic E-state index is 0.128. The molecule has 7 heteroatoms. The van der Waals surface area contributed by atoms with Crippen molar-refractivity contribution in [1.29, 1.82) is 5.41 Å². The smallest absolute Gasteiger partial charge is 0.105 e. The van der Waals surface area contributed by atoms with Crippen molar-refractivity contribution >= 4 is 22.1 Å². The largest absolute Gasteiger partial charge is 0.389 e. The standard InChI is InChI=1S/C19H32BrN5O/c1-14(2)24-7-3-15(4-8-24)12-22-13-16(11-21)25-18-6-10-26-9-5-17(18)19(20)23-25/h11,13-15,19,21-23H,3-10,12H2,1-2H3/b16-13+,21-11?. The Bertz CT molecular complexity index is 554. The van der Waals surface area contributed by atoms with Gasteiger partial charge in [-0.15, -0.1) is 0 Å². The Kier molecular flexibility index (Phi) is 7.14. The number of halogens is 1. The summed E-state index contributed by atoms with van der Waals surface area (Å²) in [7, 11) is 0. The fourth-order valence-electron chi connectivity index (χ4n) is 3.96. The first kappa shape index (κ1) is 19.9. The summed E-state index contributed by atoms with van der Waals surface area (Å²) in [5.41, 5.74) is 6.87. The van der Waals surface area contributed by atoms with Crippen molar-refractivity contribution in [2.24, 2.45) is 5.92 Å². The highest BCUT2D eigenvalue weighted by molar-refractivity contribution is 9.09. The first-order valence-corrected chi connectivity index (χ1v) is 10.7. The van der Waals surface area contributed by atoms with Gasteiger partial charge in [-0.05, 0) is 57.7 Å². The second kappa shape index (κ2) is 9.35. The normalized spacial score (nSPS) is 26.2. The number of alkyl halides is 1. The van der Waals surface area contributed by atoms with Crippen molar-refractivity contribution in [3.8, 4) is 0 Å². The van der Waals surface area contributed by atoms with Crippen LogP contribution >= 0.6 is 15.9 Å². The molecule has 1 atom stereocenters. The molecule has 3 aliphatic heterocycles. The molecule has 0 aromatic heterocycles. The highest BCUT2D eigenvalue weighted by Gasteiger charge is 2.31. The summed E-state index contributed by atoms with van der Waals surface area (Å²) in [6.07, 6.45) is 7.71. The quantitative estimate of drug-likeness (QED) is 0.346. The zero-order valence-electron chi connectivity index (χ0n) is 15.9. The van der Waals surface area contributed by atoms with Crippen LogP contribution in [0.3, 0.4) is 0 Å². The summed E-state index contributed by atoms with van der Waals surface area (Å²) >= 11 is 3.71. The molecule has 6 nitrogen and oxygen atoms in total. The van der Waals surface area contributed by atoms with Gasteiger partial charge in [-0.1, -0.05) is 15.9 Å². The molecule has 3 rings (SSSR count). The lowest BCUT2D eigenvalue weighted by Crippen LogP contribution is -2.40. The molecule has 0 radical (unpaired) electrons. The van der Waals surface area contributed by atoms with Crippen molar-refractivity contribution in [1.82, 2.24) is 20.7 Å². The molecule has 0 spiro atoms. The Morgan fingerprint density at radius 2 is 2.08 bits per heavy atom. The molecular weight excluding hydrogens is 394 g/mol. The molecule has 1 saturated heterocycles. The lowest BCUT2D eigenvalue weighted by molar-refractivity contribution is 0.139. The molecule has 3 N–H and O–H groups in total. The molecule has 0 saturated carbocycles. The van der Waals surface area contributed by atoms with Gasteiger partial charge in [-0.3, -0.25) is 5.01 Å². The lowest BCUT2D eigenvalue weighted by atomic mass is 9.96. The summed E-state index contributed by atoms with van der Waals surface area (Å²) in [5.74, 6) is 0.713. The predicted molar refractivity (Wildman–Crippen MR) is 109 cm³/mol. The van der Waals surface area contributed by atoms with Crippen molar-refractivity contribution < 1.29 is 4.74 Å². The average Bonchev–Trinajstić information content (AvgIpc) is 2.82. The SMILES string of the molecule is CC(C)N1CCC(CN/C=C(\C=N)N2NC(Br)C3=C2CCOCC3)CC1. The number of nitrogens with one attached hydrogen (secondary N) is 3. The van der Waals surface area contributed by atoms with E-state index in [4.69, 9.17) is 10.1 Å². The van der Waals surface area contributed by atoms with Crippen LogP contribution in [0.1, 0.15) is 39.5 Å². The van der Waals surface area contributed by atoms with Gasteiger partial charge in [0.05, 0.1) is 18.9 Å². The van der Waals surface area contributed by atoms with Crippen LogP contribution in [0.5, 0.6) is 0 Å². The Hall–Kier alpha value is -0.890. The van der Waals surface area contributed by atoms with E-state index in [1.165, 1.54) is 43.4 Å². The van der Waals surface area contributed by atoms with E-state index in [0.29, 0.717) is 12.0 Å². The lowest BCUT2D eigenvalue weighted by Gasteiger charge is -2.34. The number of rotatable bonds is 6. The Balaban J connectivity index is 1.56. The molecule has 0 bridgehead atoms. The Labute approximate surface area is 165 Å². The molecule has 3 heterocycles. The van der Waals surface area contributed by atoms with E-state index in [0.717, 1.165) is 38.3 Å². The van der Waals surface area contributed by atoms with Crippen LogP contribution in [-0.2, 0) is 4.74 Å². The highest BCUT2D eigenvalue weighted by atomic mass is 79.9. The number of hydrazine groups is 1. The first-order chi connectivity index (χ1) is 12.6. The molecule has 0 aromatic carbocycles. The van der Waals surface area contributed by atoms with Gasteiger partial charge in [0, 0.05) is 37.1 Å². The van der Waals surface area contributed by atoms with Gasteiger partial charge in [0.25, 0.3) is 0 Å². The molecule has 3 aliphatic rings. The zero-order chi connectivity index (χ0) is 18.5. The highest BCUT2D eigenvalue weighted by Crippen LogP contribution is 2.32. The average molecular weight is 426 g/mol. The van der Waals surface area contributed by atoms with Gasteiger partial charge in [-0.25, -0.2) is 5.43 Å². The van der Waals surface area contributed by atoms with Gasteiger partial charge < -0.3 is 20.4 Å². The third-order valence-corrected chi connectivity index (χ3v) is 6.39. The fourth-order valence-corrected chi connectivity index (χ4v) is 4.66. The topological polar surface area (TPSA) is 63.6 Å². The maximum absolute atomic E-state index is 7.86. The summed E-state index contributed by atoms with van der Waals surface area (Å²) in [5, 5.41) is 13.4. The molecular formula is C19H32BrN5O. The van der Waals surface area contributed by atoms with Crippen LogP contribution < -0.4 is 10.7 Å². The van der Waals surface area contributed by atoms with E-state index in [9.17, 15) is 0 Å². The van der Waals surface area contributed by atoms with E-state index in [1.807, 2.05) is 11.2 Å². The monoisotopic (exact) mass is 425 g/mol. The van der Waals surface area contributed by atoms with Crippen LogP contribution in [0, 0.1) is 11.3 Å². The van der Waals surface area contributed by atoms with E-state index in [-0.39, 0.29) is 4.95 Å². The second-order valence-electron chi connectivity index (χ2n) is 7.61. The maximum Gasteiger partial charge on any atom is 0.105 e. The van der Waals surface area contributed by atoms with Crippen molar-refractivity contribution in [2.45, 2.75) is 50.5 Å². The number of likely N-dealkylation sites (tertiary alicyclic amines) is 1. The molecule has 0 aliphatic carbocycles. The van der Waals surface area contributed by atoms with Crippen molar-refractivity contribution in [3.05, 3.63) is 23.2 Å². The second-order valence-corrected chi connectivity index (χ2v) is 8.52. The minimum Gasteiger partial charge on any atom is -0.389 e. The van der Waals surface area contributed by atoms with Gasteiger partial charge in [0.1, 0.15) is 4.95 Å². The van der Waals surface area contributed by atoms with E-state index >= 15 is 0 Å². The van der Waals surface area contributed by atoms with Crippen LogP contribution in [0.2, 0.25) is 0 Å². The number of hydrogen-bond donors (Lipinski definition) is 3. The predicted octanol–water partition coefficient (Wildman–Crippen LogP) is 2.79. The van der Waals surface area contributed by atoms with E-state index in [1.54, 1.807) is 0 Å². The first-order valence-electron chi connectivity index (χ1n) is 9.78. The zero-order valence-corrected chi connectivity index (χ0v) is 17.5. The van der Waals surface area contributed by atoms with Gasteiger partial charge >= 0.3 is 0 Å².